The van der Waals surface area contributed by atoms with Crippen molar-refractivity contribution in [1.29, 1.82) is 0 Å². The van der Waals surface area contributed by atoms with Crippen LogP contribution in [0.3, 0.4) is 0 Å². The molecule has 198 valence electrons. The minimum atomic E-state index is -0.844. The Morgan fingerprint density at radius 3 is 2.35 bits per heavy atom. The fourth-order valence-corrected chi connectivity index (χ4v) is 5.00. The molecular formula is C25H27BrN2O9. The van der Waals surface area contributed by atoms with E-state index >= 15 is 0 Å². The Hall–Kier alpha value is -3.51. The van der Waals surface area contributed by atoms with E-state index in [9.17, 15) is 24.5 Å². The second-order valence-corrected chi connectivity index (χ2v) is 9.37. The van der Waals surface area contributed by atoms with Gasteiger partial charge in [0.05, 0.1) is 30.7 Å². The third-order valence-electron chi connectivity index (χ3n) is 6.27. The fourth-order valence-electron chi connectivity index (χ4n) is 4.47. The number of nitrogens with zero attached hydrogens (tertiary/aromatic N) is 2. The maximum absolute atomic E-state index is 13.3. The van der Waals surface area contributed by atoms with E-state index in [2.05, 4.69) is 15.9 Å². The van der Waals surface area contributed by atoms with Crippen LogP contribution < -0.4 is 14.2 Å². The minimum Gasteiger partial charge on any atom is -0.496 e. The first-order valence-corrected chi connectivity index (χ1v) is 12.1. The first-order chi connectivity index (χ1) is 17.5. The Kier molecular flexibility index (Phi) is 8.87. The molecule has 0 radical (unpaired) electrons. The van der Waals surface area contributed by atoms with Crippen LogP contribution in [0.2, 0.25) is 0 Å². The van der Waals surface area contributed by atoms with Crippen LogP contribution in [0.4, 0.5) is 5.69 Å². The summed E-state index contributed by atoms with van der Waals surface area (Å²) in [4.78, 5) is 50.2. The molecule has 0 bridgehead atoms. The van der Waals surface area contributed by atoms with E-state index in [1.807, 2.05) is 11.9 Å². The average molecular weight is 579 g/mol. The van der Waals surface area contributed by atoms with E-state index < -0.39 is 22.6 Å². The molecule has 1 heterocycles. The first kappa shape index (κ1) is 28.1. The summed E-state index contributed by atoms with van der Waals surface area (Å²) in [5.74, 6) is -1.56. The van der Waals surface area contributed by atoms with E-state index in [-0.39, 0.29) is 51.4 Å². The molecule has 0 aliphatic carbocycles. The molecule has 1 saturated heterocycles. The molecule has 2 aromatic carbocycles. The number of hydrogen-bond donors (Lipinski definition) is 0. The maximum Gasteiger partial charge on any atom is 0.344 e. The number of halogens is 1. The number of carbonyl (C=O) groups is 3. The number of nitro benzene ring substituents is 1. The number of non-ortho nitro benzene ring substituents is 1. The van der Waals surface area contributed by atoms with Gasteiger partial charge in [-0.05, 0) is 48.9 Å². The maximum atomic E-state index is 13.3. The number of benzene rings is 2. The van der Waals surface area contributed by atoms with E-state index in [1.165, 1.54) is 46.3 Å². The van der Waals surface area contributed by atoms with E-state index in [0.29, 0.717) is 24.3 Å². The predicted octanol–water partition coefficient (Wildman–Crippen LogP) is 4.15. The number of likely N-dealkylation sites (tertiary alicyclic amines) is 1. The minimum absolute atomic E-state index is 0.0211. The van der Waals surface area contributed by atoms with Gasteiger partial charge in [0, 0.05) is 41.1 Å². The molecule has 0 aromatic heterocycles. The van der Waals surface area contributed by atoms with Crippen molar-refractivity contribution in [1.82, 2.24) is 4.90 Å². The highest BCUT2D eigenvalue weighted by Gasteiger charge is 2.40. The lowest BCUT2D eigenvalue weighted by Gasteiger charge is -2.28. The van der Waals surface area contributed by atoms with Crippen LogP contribution in [0.5, 0.6) is 17.2 Å². The molecule has 0 N–H and O–H groups in total. The van der Waals surface area contributed by atoms with Gasteiger partial charge in [-0.25, -0.2) is 4.79 Å². The van der Waals surface area contributed by atoms with Crippen LogP contribution in [0.15, 0.2) is 28.7 Å². The van der Waals surface area contributed by atoms with Crippen molar-refractivity contribution in [3.05, 3.63) is 55.5 Å². The van der Waals surface area contributed by atoms with Crippen molar-refractivity contribution < 1.29 is 38.3 Å². The topological polar surface area (TPSA) is 135 Å². The molecule has 37 heavy (non-hydrogen) atoms. The molecule has 2 aromatic rings. The Labute approximate surface area is 221 Å². The summed E-state index contributed by atoms with van der Waals surface area (Å²) in [5.41, 5.74) is 0.318. The molecule has 0 saturated carbocycles. The number of Topliss-reactive ketones (excluding diaryl/α,β-unsaturated/α-hetero) is 1. The monoisotopic (exact) mass is 578 g/mol. The predicted molar refractivity (Wildman–Crippen MR) is 136 cm³/mol. The zero-order chi connectivity index (χ0) is 27.4. The van der Waals surface area contributed by atoms with Gasteiger partial charge in [-0.15, -0.1) is 0 Å². The molecule has 0 spiro atoms. The second-order valence-electron chi connectivity index (χ2n) is 8.51. The average Bonchev–Trinajstić information content (AvgIpc) is 3.20. The Balaban J connectivity index is 2.19. The number of nitro groups is 1. The van der Waals surface area contributed by atoms with Gasteiger partial charge < -0.3 is 18.9 Å². The van der Waals surface area contributed by atoms with Gasteiger partial charge in [-0.1, -0.05) is 0 Å². The lowest BCUT2D eigenvalue weighted by atomic mass is 9.87. The number of ether oxygens (including phenoxy) is 4. The molecule has 1 aliphatic rings. The normalized spacial score (nSPS) is 17.2. The zero-order valence-corrected chi connectivity index (χ0v) is 22.6. The molecule has 11 nitrogen and oxygen atoms in total. The number of methoxy groups -OCH3 is 2. The molecule has 3 rings (SSSR count). The highest BCUT2D eigenvalue weighted by Crippen LogP contribution is 2.48. The smallest absolute Gasteiger partial charge is 0.344 e. The van der Waals surface area contributed by atoms with Crippen LogP contribution in [0.25, 0.3) is 0 Å². The van der Waals surface area contributed by atoms with Gasteiger partial charge in [0.25, 0.3) is 5.69 Å². The summed E-state index contributed by atoms with van der Waals surface area (Å²) in [7, 11) is 4.71. The van der Waals surface area contributed by atoms with Crippen molar-refractivity contribution in [2.24, 2.45) is 0 Å². The van der Waals surface area contributed by atoms with Gasteiger partial charge in [-0.2, -0.15) is 0 Å². The number of rotatable bonds is 9. The Morgan fingerprint density at radius 1 is 1.14 bits per heavy atom. The van der Waals surface area contributed by atoms with Gasteiger partial charge in [-0.3, -0.25) is 24.6 Å². The largest absolute Gasteiger partial charge is 0.496 e. The SMILES string of the molecule is COc1cc(OC)c([C@H]2CCN(C)[C@H]2COC(C)=O)c(OC(=O)c2ccc([N+](=O)[O-])cc2Br)c1C(C)=O. The third kappa shape index (κ3) is 5.91. The lowest BCUT2D eigenvalue weighted by molar-refractivity contribution is -0.384. The van der Waals surface area contributed by atoms with Crippen molar-refractivity contribution in [2.75, 3.05) is 34.4 Å². The molecule has 2 atom stereocenters. The van der Waals surface area contributed by atoms with Gasteiger partial charge in [0.15, 0.2) is 11.5 Å². The summed E-state index contributed by atoms with van der Waals surface area (Å²) in [6.45, 7) is 3.39. The number of hydrogen-bond acceptors (Lipinski definition) is 10. The van der Waals surface area contributed by atoms with E-state index in [0.717, 1.165) is 0 Å². The van der Waals surface area contributed by atoms with Crippen LogP contribution in [0, 0.1) is 10.1 Å². The van der Waals surface area contributed by atoms with Crippen LogP contribution in [-0.4, -0.2) is 68.0 Å². The number of likely N-dealkylation sites (N-methyl/N-ethyl adjacent to an activating group) is 1. The Morgan fingerprint density at radius 2 is 1.81 bits per heavy atom. The third-order valence-corrected chi connectivity index (χ3v) is 6.92. The van der Waals surface area contributed by atoms with E-state index in [4.69, 9.17) is 18.9 Å². The molecular weight excluding hydrogens is 552 g/mol. The number of esters is 2. The first-order valence-electron chi connectivity index (χ1n) is 11.3. The summed E-state index contributed by atoms with van der Waals surface area (Å²) in [5, 5.41) is 11.1. The highest BCUT2D eigenvalue weighted by atomic mass is 79.9. The number of ketones is 1. The molecule has 0 unspecified atom stereocenters. The van der Waals surface area contributed by atoms with Crippen molar-refractivity contribution in [2.45, 2.75) is 32.2 Å². The van der Waals surface area contributed by atoms with Crippen LogP contribution in [0.1, 0.15) is 52.5 Å². The van der Waals surface area contributed by atoms with Crippen LogP contribution in [-0.2, 0) is 9.53 Å². The standard InChI is InChI=1S/C25H27BrN2O9/c1-13(29)22-20(34-4)11-21(35-5)23(17-8-9-27(3)19(17)12-36-14(2)30)24(22)37-25(31)16-7-6-15(28(32)33)10-18(16)26/h6-7,10-11,17,19H,8-9,12H2,1-5H3/t17-,19-/m0/s1. The van der Waals surface area contributed by atoms with Crippen molar-refractivity contribution in [3.8, 4) is 17.2 Å². The Bertz CT molecular complexity index is 1250. The molecule has 1 aliphatic heterocycles. The summed E-state index contributed by atoms with van der Waals surface area (Å²) < 4.78 is 22.4. The zero-order valence-electron chi connectivity index (χ0n) is 21.0. The summed E-state index contributed by atoms with van der Waals surface area (Å²) in [6.07, 6.45) is 0.605. The van der Waals surface area contributed by atoms with Crippen molar-refractivity contribution in [3.63, 3.8) is 0 Å². The molecule has 12 heteroatoms. The summed E-state index contributed by atoms with van der Waals surface area (Å²) >= 11 is 3.19. The molecule has 1 fully saturated rings. The van der Waals surface area contributed by atoms with Crippen molar-refractivity contribution >= 4 is 39.3 Å². The lowest BCUT2D eigenvalue weighted by Crippen LogP contribution is -2.34. The summed E-state index contributed by atoms with van der Waals surface area (Å²) in [6, 6.07) is 4.92. The van der Waals surface area contributed by atoms with Gasteiger partial charge in [0.1, 0.15) is 23.7 Å². The highest BCUT2D eigenvalue weighted by molar-refractivity contribution is 9.10. The van der Waals surface area contributed by atoms with E-state index in [1.54, 1.807) is 6.07 Å². The number of carbonyl (C=O) groups excluding carboxylic acids is 3. The van der Waals surface area contributed by atoms with Gasteiger partial charge in [0.2, 0.25) is 0 Å². The van der Waals surface area contributed by atoms with Gasteiger partial charge >= 0.3 is 11.9 Å². The van der Waals surface area contributed by atoms with Crippen LogP contribution >= 0.6 is 15.9 Å². The fraction of sp³-hybridized carbons (Fsp3) is 0.400. The molecule has 0 amide bonds. The quantitative estimate of drug-likeness (QED) is 0.140. The second kappa shape index (κ2) is 11.7.